The fraction of sp³-hybridized carbons (Fsp3) is 0.583. The Hall–Kier alpha value is -3.43. The molecule has 5 rings (SSSR count). The molecule has 3 amide bonds. The lowest BCUT2D eigenvalue weighted by atomic mass is 9.99. The van der Waals surface area contributed by atoms with Gasteiger partial charge in [0.15, 0.2) is 0 Å². The Morgan fingerprint density at radius 1 is 0.867 bits per heavy atom. The Morgan fingerprint density at radius 3 is 2.31 bits per heavy atom. The molecular formula is C36H51N5O4. The Bertz CT molecular complexity index is 1290. The van der Waals surface area contributed by atoms with Gasteiger partial charge in [0.25, 0.3) is 0 Å². The van der Waals surface area contributed by atoms with Crippen molar-refractivity contribution in [2.24, 2.45) is 0 Å². The second kappa shape index (κ2) is 16.2. The van der Waals surface area contributed by atoms with Gasteiger partial charge in [0.2, 0.25) is 17.7 Å². The second-order valence-corrected chi connectivity index (χ2v) is 12.8. The van der Waals surface area contributed by atoms with E-state index < -0.39 is 6.04 Å². The minimum Gasteiger partial charge on any atom is -0.496 e. The van der Waals surface area contributed by atoms with Crippen LogP contribution >= 0.6 is 0 Å². The number of hydrogen-bond donors (Lipinski definition) is 1. The summed E-state index contributed by atoms with van der Waals surface area (Å²) in [4.78, 5) is 47.9. The summed E-state index contributed by atoms with van der Waals surface area (Å²) in [5, 5.41) is 2.97. The van der Waals surface area contributed by atoms with Gasteiger partial charge in [0.1, 0.15) is 5.75 Å². The molecule has 45 heavy (non-hydrogen) atoms. The SMILES string of the molecule is COc1ccccc1CN1CCNC(=O)C1CC(=O)N1CCC(N2CCCCCCCCN(C(C)=O)c3ccccc3C2)CC1. The number of para-hydroxylation sites is 2. The third-order valence-corrected chi connectivity index (χ3v) is 9.82. The average molecular weight is 618 g/mol. The third-order valence-electron chi connectivity index (χ3n) is 9.82. The lowest BCUT2D eigenvalue weighted by Gasteiger charge is -2.40. The maximum Gasteiger partial charge on any atom is 0.237 e. The molecule has 9 heteroatoms. The number of piperidine rings is 1. The standard InChI is InChI=1S/C36H51N5O4/c1-28(42)41-21-12-6-4-3-5-11-20-39(26-29-13-7-9-15-32(29)41)31-17-22-38(23-18-31)35(43)25-33-36(44)37-19-24-40(33)27-30-14-8-10-16-34(30)45-2/h7-10,13-16,31,33H,3-6,11-12,17-27H2,1-2H3,(H,37,44). The first-order chi connectivity index (χ1) is 21.9. The highest BCUT2D eigenvalue weighted by atomic mass is 16.5. The molecule has 3 heterocycles. The fourth-order valence-corrected chi connectivity index (χ4v) is 7.26. The molecule has 1 atom stereocenters. The number of rotatable bonds is 6. The number of anilines is 1. The van der Waals surface area contributed by atoms with Crippen molar-refractivity contribution in [1.29, 1.82) is 0 Å². The van der Waals surface area contributed by atoms with E-state index >= 15 is 0 Å². The fourth-order valence-electron chi connectivity index (χ4n) is 7.26. The highest BCUT2D eigenvalue weighted by molar-refractivity contribution is 5.92. The van der Waals surface area contributed by atoms with Crippen LogP contribution in [0.2, 0.25) is 0 Å². The van der Waals surface area contributed by atoms with Crippen molar-refractivity contribution in [2.75, 3.05) is 51.3 Å². The lowest BCUT2D eigenvalue weighted by molar-refractivity contribution is -0.140. The molecule has 2 aromatic rings. The molecular weight excluding hydrogens is 566 g/mol. The Morgan fingerprint density at radius 2 is 1.56 bits per heavy atom. The number of carbonyl (C=O) groups excluding carboxylic acids is 3. The molecule has 0 spiro atoms. The summed E-state index contributed by atoms with van der Waals surface area (Å²) in [6.45, 7) is 7.50. The summed E-state index contributed by atoms with van der Waals surface area (Å²) in [6, 6.07) is 16.1. The van der Waals surface area contributed by atoms with Crippen LogP contribution in [0.1, 0.15) is 75.8 Å². The van der Waals surface area contributed by atoms with Crippen LogP contribution in [-0.2, 0) is 27.5 Å². The molecule has 3 aliphatic heterocycles. The molecule has 2 fully saturated rings. The topological polar surface area (TPSA) is 85.4 Å². The first kappa shape index (κ1) is 32.9. The van der Waals surface area contributed by atoms with E-state index in [0.717, 1.165) is 68.7 Å². The van der Waals surface area contributed by atoms with E-state index in [1.165, 1.54) is 24.8 Å². The molecule has 244 valence electrons. The van der Waals surface area contributed by atoms with Crippen LogP contribution in [0.3, 0.4) is 0 Å². The lowest BCUT2D eigenvalue weighted by Crippen LogP contribution is -2.56. The molecule has 0 saturated carbocycles. The number of piperazine rings is 1. The molecule has 0 bridgehead atoms. The zero-order valence-electron chi connectivity index (χ0n) is 27.2. The van der Waals surface area contributed by atoms with Gasteiger partial charge in [-0.25, -0.2) is 0 Å². The predicted octanol–water partition coefficient (Wildman–Crippen LogP) is 4.59. The van der Waals surface area contributed by atoms with Crippen LogP contribution < -0.4 is 15.0 Å². The minimum absolute atomic E-state index is 0.0490. The van der Waals surface area contributed by atoms with Gasteiger partial charge in [-0.3, -0.25) is 24.2 Å². The second-order valence-electron chi connectivity index (χ2n) is 12.8. The van der Waals surface area contributed by atoms with Crippen LogP contribution in [0.15, 0.2) is 48.5 Å². The number of hydrogen-bond acceptors (Lipinski definition) is 6. The number of amides is 3. The number of benzene rings is 2. The summed E-state index contributed by atoms with van der Waals surface area (Å²) in [5.41, 5.74) is 3.25. The number of ether oxygens (including phenoxy) is 1. The van der Waals surface area contributed by atoms with E-state index in [2.05, 4.69) is 33.3 Å². The van der Waals surface area contributed by atoms with Crippen LogP contribution in [0.25, 0.3) is 0 Å². The van der Waals surface area contributed by atoms with E-state index in [1.54, 1.807) is 14.0 Å². The molecule has 2 aromatic carbocycles. The maximum absolute atomic E-state index is 13.6. The van der Waals surface area contributed by atoms with Gasteiger partial charge in [0.05, 0.1) is 19.6 Å². The summed E-state index contributed by atoms with van der Waals surface area (Å²) < 4.78 is 5.54. The highest BCUT2D eigenvalue weighted by Gasteiger charge is 2.35. The number of fused-ring (bicyclic) bond motifs is 1. The zero-order chi connectivity index (χ0) is 31.6. The Balaban J connectivity index is 1.23. The quantitative estimate of drug-likeness (QED) is 0.511. The Labute approximate surface area is 268 Å². The first-order valence-electron chi connectivity index (χ1n) is 17.0. The molecule has 2 saturated heterocycles. The monoisotopic (exact) mass is 617 g/mol. The van der Waals surface area contributed by atoms with Gasteiger partial charge in [-0.15, -0.1) is 0 Å². The first-order valence-corrected chi connectivity index (χ1v) is 17.0. The third kappa shape index (κ3) is 8.64. The van der Waals surface area contributed by atoms with E-state index in [1.807, 2.05) is 40.1 Å². The van der Waals surface area contributed by atoms with Crippen molar-refractivity contribution >= 4 is 23.4 Å². The van der Waals surface area contributed by atoms with Crippen molar-refractivity contribution in [3.8, 4) is 5.75 Å². The molecule has 0 radical (unpaired) electrons. The minimum atomic E-state index is -0.492. The number of methoxy groups -OCH3 is 1. The van der Waals surface area contributed by atoms with Gasteiger partial charge in [-0.2, -0.15) is 0 Å². The van der Waals surface area contributed by atoms with Crippen LogP contribution in [-0.4, -0.2) is 90.9 Å². The number of nitrogens with zero attached hydrogens (tertiary/aromatic N) is 4. The number of likely N-dealkylation sites (tertiary alicyclic amines) is 1. The molecule has 9 nitrogen and oxygen atoms in total. The van der Waals surface area contributed by atoms with Crippen molar-refractivity contribution in [3.05, 3.63) is 59.7 Å². The number of carbonyl (C=O) groups is 3. The van der Waals surface area contributed by atoms with Gasteiger partial charge in [0, 0.05) is 70.0 Å². The van der Waals surface area contributed by atoms with E-state index in [0.29, 0.717) is 38.8 Å². The van der Waals surface area contributed by atoms with Crippen LogP contribution in [0, 0.1) is 0 Å². The molecule has 0 aliphatic carbocycles. The van der Waals surface area contributed by atoms with E-state index in [-0.39, 0.29) is 24.1 Å². The van der Waals surface area contributed by atoms with Crippen LogP contribution in [0.5, 0.6) is 5.75 Å². The maximum atomic E-state index is 13.6. The molecule has 1 N–H and O–H groups in total. The highest BCUT2D eigenvalue weighted by Crippen LogP contribution is 2.28. The van der Waals surface area contributed by atoms with Crippen molar-refractivity contribution in [2.45, 2.75) is 89.9 Å². The summed E-state index contributed by atoms with van der Waals surface area (Å²) in [6.07, 6.45) is 9.02. The smallest absolute Gasteiger partial charge is 0.237 e. The van der Waals surface area contributed by atoms with Gasteiger partial charge >= 0.3 is 0 Å². The van der Waals surface area contributed by atoms with Crippen molar-refractivity contribution < 1.29 is 19.1 Å². The van der Waals surface area contributed by atoms with Gasteiger partial charge < -0.3 is 19.9 Å². The van der Waals surface area contributed by atoms with E-state index in [9.17, 15) is 14.4 Å². The summed E-state index contributed by atoms with van der Waals surface area (Å²) in [7, 11) is 1.66. The predicted molar refractivity (Wildman–Crippen MR) is 177 cm³/mol. The Kier molecular flexibility index (Phi) is 11.9. The van der Waals surface area contributed by atoms with E-state index in [4.69, 9.17) is 4.74 Å². The van der Waals surface area contributed by atoms with Gasteiger partial charge in [-0.1, -0.05) is 62.1 Å². The zero-order valence-corrected chi connectivity index (χ0v) is 27.2. The summed E-state index contributed by atoms with van der Waals surface area (Å²) in [5.74, 6) is 0.869. The normalized spacial score (nSPS) is 21.6. The summed E-state index contributed by atoms with van der Waals surface area (Å²) >= 11 is 0. The molecule has 0 aromatic heterocycles. The van der Waals surface area contributed by atoms with Gasteiger partial charge in [-0.05, 0) is 49.9 Å². The van der Waals surface area contributed by atoms with Crippen molar-refractivity contribution in [3.63, 3.8) is 0 Å². The average Bonchev–Trinajstić information content (AvgIpc) is 3.07. The van der Waals surface area contributed by atoms with Crippen LogP contribution in [0.4, 0.5) is 5.69 Å². The molecule has 1 unspecified atom stereocenters. The largest absolute Gasteiger partial charge is 0.496 e. The molecule has 3 aliphatic rings. The number of nitrogens with one attached hydrogen (secondary N) is 1. The van der Waals surface area contributed by atoms with Crippen molar-refractivity contribution in [1.82, 2.24) is 20.0 Å².